The lowest BCUT2D eigenvalue weighted by Gasteiger charge is -2.29. The molecule has 176 valence electrons. The number of anilines is 2. The van der Waals surface area contributed by atoms with E-state index in [4.69, 9.17) is 4.74 Å². The fourth-order valence-electron chi connectivity index (χ4n) is 4.35. The Morgan fingerprint density at radius 2 is 1.86 bits per heavy atom. The summed E-state index contributed by atoms with van der Waals surface area (Å²) in [6.07, 6.45) is 1.49. The third-order valence-corrected chi connectivity index (χ3v) is 6.09. The number of rotatable bonds is 6. The van der Waals surface area contributed by atoms with Gasteiger partial charge >= 0.3 is 0 Å². The smallest absolute Gasteiger partial charge is 0.255 e. The van der Waals surface area contributed by atoms with E-state index in [-0.39, 0.29) is 5.91 Å². The van der Waals surface area contributed by atoms with Crippen LogP contribution < -0.4 is 15.4 Å². The molecule has 1 aliphatic heterocycles. The Bertz CT molecular complexity index is 1410. The molecule has 1 atom stereocenters. The van der Waals surface area contributed by atoms with Crippen LogP contribution >= 0.6 is 0 Å². The molecule has 1 aliphatic rings. The van der Waals surface area contributed by atoms with Gasteiger partial charge in [0.05, 0.1) is 5.57 Å². The minimum atomic E-state index is -0.459. The highest BCUT2D eigenvalue weighted by Crippen LogP contribution is 2.36. The van der Waals surface area contributed by atoms with E-state index >= 15 is 0 Å². The minimum absolute atomic E-state index is 0.191. The Morgan fingerprint density at radius 3 is 2.66 bits per heavy atom. The van der Waals surface area contributed by atoms with E-state index in [2.05, 4.69) is 26.8 Å². The van der Waals surface area contributed by atoms with Crippen molar-refractivity contribution in [2.24, 2.45) is 0 Å². The first-order chi connectivity index (χ1) is 17.0. The van der Waals surface area contributed by atoms with Crippen molar-refractivity contribution in [1.82, 2.24) is 14.8 Å². The third-order valence-electron chi connectivity index (χ3n) is 6.09. The molecule has 35 heavy (non-hydrogen) atoms. The molecule has 2 N–H and O–H groups in total. The van der Waals surface area contributed by atoms with Crippen LogP contribution in [-0.2, 0) is 11.4 Å². The number of amides is 1. The SMILES string of the molecule is CC1=C(C(=O)Nc2ccc(C)cc2C)C(c2cccc(OCc3ccccc3)c2)n2ncnc2N1. The Kier molecular flexibility index (Phi) is 6.06. The molecule has 1 amide bonds. The van der Waals surface area contributed by atoms with Gasteiger partial charge in [-0.3, -0.25) is 4.79 Å². The molecule has 0 aliphatic carbocycles. The molecule has 0 saturated heterocycles. The average Bonchev–Trinajstić information content (AvgIpc) is 3.32. The van der Waals surface area contributed by atoms with Crippen LogP contribution in [0.25, 0.3) is 0 Å². The van der Waals surface area contributed by atoms with E-state index in [0.29, 0.717) is 18.1 Å². The first-order valence-electron chi connectivity index (χ1n) is 11.5. The quantitative estimate of drug-likeness (QED) is 0.398. The van der Waals surface area contributed by atoms with Gasteiger partial charge < -0.3 is 15.4 Å². The van der Waals surface area contributed by atoms with E-state index in [0.717, 1.165) is 39.4 Å². The average molecular weight is 466 g/mol. The Balaban J connectivity index is 1.47. The van der Waals surface area contributed by atoms with Crippen LogP contribution in [0.3, 0.4) is 0 Å². The number of fused-ring (bicyclic) bond motifs is 1. The summed E-state index contributed by atoms with van der Waals surface area (Å²) in [4.78, 5) is 18.0. The van der Waals surface area contributed by atoms with Crippen molar-refractivity contribution in [1.29, 1.82) is 0 Å². The number of aryl methyl sites for hydroxylation is 2. The molecule has 0 fully saturated rings. The monoisotopic (exact) mass is 465 g/mol. The molecule has 0 radical (unpaired) electrons. The molecule has 1 aromatic heterocycles. The second kappa shape index (κ2) is 9.46. The molecule has 5 rings (SSSR count). The highest BCUT2D eigenvalue weighted by molar-refractivity contribution is 6.06. The molecule has 7 nitrogen and oxygen atoms in total. The maximum Gasteiger partial charge on any atom is 0.255 e. The lowest BCUT2D eigenvalue weighted by atomic mass is 9.94. The topological polar surface area (TPSA) is 81.1 Å². The molecular weight excluding hydrogens is 438 g/mol. The number of ether oxygens (including phenoxy) is 1. The molecule has 0 bridgehead atoms. The summed E-state index contributed by atoms with van der Waals surface area (Å²) in [5, 5.41) is 10.7. The number of nitrogens with one attached hydrogen (secondary N) is 2. The van der Waals surface area contributed by atoms with Gasteiger partial charge in [0.15, 0.2) is 0 Å². The summed E-state index contributed by atoms with van der Waals surface area (Å²) in [6, 6.07) is 23.3. The van der Waals surface area contributed by atoms with Gasteiger partial charge in [0.1, 0.15) is 24.7 Å². The first kappa shape index (κ1) is 22.4. The van der Waals surface area contributed by atoms with E-state index in [1.807, 2.05) is 87.5 Å². The molecule has 7 heteroatoms. The van der Waals surface area contributed by atoms with Crippen molar-refractivity contribution in [3.63, 3.8) is 0 Å². The molecule has 0 spiro atoms. The number of nitrogens with zero attached hydrogens (tertiary/aromatic N) is 3. The molecule has 0 saturated carbocycles. The number of allylic oxidation sites excluding steroid dienone is 1. The van der Waals surface area contributed by atoms with Crippen LogP contribution in [-0.4, -0.2) is 20.7 Å². The van der Waals surface area contributed by atoms with Crippen LogP contribution in [0.15, 0.2) is 90.4 Å². The van der Waals surface area contributed by atoms with Crippen LogP contribution in [0.4, 0.5) is 11.6 Å². The summed E-state index contributed by atoms with van der Waals surface area (Å²) >= 11 is 0. The van der Waals surface area contributed by atoms with Crippen molar-refractivity contribution in [2.45, 2.75) is 33.4 Å². The summed E-state index contributed by atoms with van der Waals surface area (Å²) in [5.41, 5.74) is 6.21. The maximum atomic E-state index is 13.6. The standard InChI is InChI=1S/C28H27N5O2/c1-18-12-13-24(19(2)14-18)32-27(34)25-20(3)31-28-29-17-30-33(28)26(25)22-10-7-11-23(15-22)35-16-21-8-5-4-6-9-21/h4-15,17,26H,16H2,1-3H3,(H,32,34)(H,29,30,31). The Labute approximate surface area is 204 Å². The lowest BCUT2D eigenvalue weighted by Crippen LogP contribution is -2.31. The van der Waals surface area contributed by atoms with Gasteiger partial charge in [-0.15, -0.1) is 0 Å². The van der Waals surface area contributed by atoms with E-state index in [1.54, 1.807) is 4.68 Å². The van der Waals surface area contributed by atoms with Crippen molar-refractivity contribution in [3.8, 4) is 5.75 Å². The van der Waals surface area contributed by atoms with Crippen LogP contribution in [0.2, 0.25) is 0 Å². The van der Waals surface area contributed by atoms with Crippen molar-refractivity contribution in [3.05, 3.63) is 113 Å². The highest BCUT2D eigenvalue weighted by Gasteiger charge is 2.33. The second-order valence-electron chi connectivity index (χ2n) is 8.71. The minimum Gasteiger partial charge on any atom is -0.489 e. The number of benzene rings is 3. The fourth-order valence-corrected chi connectivity index (χ4v) is 4.35. The van der Waals surface area contributed by atoms with Gasteiger partial charge in [-0.25, -0.2) is 4.68 Å². The van der Waals surface area contributed by atoms with E-state index < -0.39 is 6.04 Å². The first-order valence-corrected chi connectivity index (χ1v) is 11.5. The van der Waals surface area contributed by atoms with E-state index in [1.165, 1.54) is 6.33 Å². The molecule has 4 aromatic rings. The van der Waals surface area contributed by atoms with Crippen molar-refractivity contribution >= 4 is 17.5 Å². The van der Waals surface area contributed by atoms with Crippen molar-refractivity contribution < 1.29 is 9.53 Å². The van der Waals surface area contributed by atoms with Gasteiger partial charge in [-0.1, -0.05) is 60.2 Å². The van der Waals surface area contributed by atoms with Gasteiger partial charge in [0, 0.05) is 11.4 Å². The molecular formula is C28H27N5O2. The molecule has 1 unspecified atom stereocenters. The zero-order chi connectivity index (χ0) is 24.4. The number of hydrogen-bond donors (Lipinski definition) is 2. The molecule has 3 aromatic carbocycles. The van der Waals surface area contributed by atoms with E-state index in [9.17, 15) is 4.79 Å². The summed E-state index contributed by atoms with van der Waals surface area (Å²) < 4.78 is 7.80. The van der Waals surface area contributed by atoms with Gasteiger partial charge in [-0.05, 0) is 55.7 Å². The normalized spacial score (nSPS) is 14.8. The number of carbonyl (C=O) groups excluding carboxylic acids is 1. The Morgan fingerprint density at radius 1 is 1.03 bits per heavy atom. The van der Waals surface area contributed by atoms with Crippen LogP contribution in [0, 0.1) is 13.8 Å². The Hall–Kier alpha value is -4.39. The van der Waals surface area contributed by atoms with Gasteiger partial charge in [-0.2, -0.15) is 10.1 Å². The summed E-state index contributed by atoms with van der Waals surface area (Å²) in [6.45, 7) is 6.37. The second-order valence-corrected chi connectivity index (χ2v) is 8.71. The number of hydrogen-bond acceptors (Lipinski definition) is 5. The lowest BCUT2D eigenvalue weighted by molar-refractivity contribution is -0.113. The third kappa shape index (κ3) is 4.66. The largest absolute Gasteiger partial charge is 0.489 e. The fraction of sp³-hybridized carbons (Fsp3) is 0.179. The van der Waals surface area contributed by atoms with Crippen molar-refractivity contribution in [2.75, 3.05) is 10.6 Å². The summed E-state index contributed by atoms with van der Waals surface area (Å²) in [7, 11) is 0. The summed E-state index contributed by atoms with van der Waals surface area (Å²) in [5.74, 6) is 1.12. The number of carbonyl (C=O) groups is 1. The van der Waals surface area contributed by atoms with Gasteiger partial charge in [0.2, 0.25) is 5.95 Å². The zero-order valence-electron chi connectivity index (χ0n) is 19.9. The molecule has 2 heterocycles. The maximum absolute atomic E-state index is 13.6. The van der Waals surface area contributed by atoms with Crippen LogP contribution in [0.1, 0.15) is 35.2 Å². The zero-order valence-corrected chi connectivity index (χ0v) is 19.9. The van der Waals surface area contributed by atoms with Crippen LogP contribution in [0.5, 0.6) is 5.75 Å². The predicted molar refractivity (Wildman–Crippen MR) is 136 cm³/mol. The van der Waals surface area contributed by atoms with Gasteiger partial charge in [0.25, 0.3) is 5.91 Å². The predicted octanol–water partition coefficient (Wildman–Crippen LogP) is 5.40. The highest BCUT2D eigenvalue weighted by atomic mass is 16.5. The number of aromatic nitrogens is 3.